The zero-order valence-corrected chi connectivity index (χ0v) is 11.6. The minimum absolute atomic E-state index is 0.0865. The van der Waals surface area contributed by atoms with Crippen molar-refractivity contribution in [2.45, 2.75) is 37.8 Å². The highest BCUT2D eigenvalue weighted by Crippen LogP contribution is 2.21. The number of carbonyl (C=O) groups is 1. The lowest BCUT2D eigenvalue weighted by molar-refractivity contribution is 0.0822. The molecule has 1 fully saturated rings. The number of carbonyl (C=O) groups excluding carboxylic acids is 1. The topological polar surface area (TPSA) is 71.2 Å². The van der Waals surface area contributed by atoms with Gasteiger partial charge in [0.1, 0.15) is 5.69 Å². The van der Waals surface area contributed by atoms with Crippen molar-refractivity contribution in [3.05, 3.63) is 24.0 Å². The number of hydrogen-bond acceptors (Lipinski definition) is 4. The van der Waals surface area contributed by atoms with E-state index in [1.54, 1.807) is 26.4 Å². The number of nitrogens with two attached hydrogens (primary N) is 1. The Hall–Kier alpha value is -1.62. The van der Waals surface area contributed by atoms with E-state index in [0.717, 1.165) is 18.5 Å². The van der Waals surface area contributed by atoms with Gasteiger partial charge in [-0.3, -0.25) is 9.78 Å². The van der Waals surface area contributed by atoms with Gasteiger partial charge in [0, 0.05) is 38.1 Å². The summed E-state index contributed by atoms with van der Waals surface area (Å²) in [7, 11) is 3.45. The van der Waals surface area contributed by atoms with Gasteiger partial charge in [-0.25, -0.2) is 0 Å². The van der Waals surface area contributed by atoms with E-state index in [1.165, 1.54) is 17.7 Å². The molecule has 0 saturated heterocycles. The second-order valence-corrected chi connectivity index (χ2v) is 5.33. The van der Waals surface area contributed by atoms with Gasteiger partial charge in [0.15, 0.2) is 0 Å². The van der Waals surface area contributed by atoms with Crippen molar-refractivity contribution in [3.63, 3.8) is 0 Å². The molecule has 3 N–H and O–H groups in total. The molecule has 1 aromatic rings. The summed E-state index contributed by atoms with van der Waals surface area (Å²) < 4.78 is 0. The van der Waals surface area contributed by atoms with Crippen LogP contribution in [-0.4, -0.2) is 42.0 Å². The van der Waals surface area contributed by atoms with Gasteiger partial charge in [0.2, 0.25) is 0 Å². The van der Waals surface area contributed by atoms with Crippen LogP contribution < -0.4 is 11.1 Å². The van der Waals surface area contributed by atoms with Crippen molar-refractivity contribution in [1.82, 2.24) is 9.88 Å². The van der Waals surface area contributed by atoms with Gasteiger partial charge in [0.25, 0.3) is 5.91 Å². The first-order valence-corrected chi connectivity index (χ1v) is 6.78. The smallest absolute Gasteiger partial charge is 0.272 e. The van der Waals surface area contributed by atoms with Gasteiger partial charge in [0.05, 0.1) is 0 Å². The van der Waals surface area contributed by atoms with Gasteiger partial charge in [-0.2, -0.15) is 0 Å². The van der Waals surface area contributed by atoms with Crippen molar-refractivity contribution in [1.29, 1.82) is 0 Å². The van der Waals surface area contributed by atoms with E-state index in [0.29, 0.717) is 11.7 Å². The lowest BCUT2D eigenvalue weighted by Gasteiger charge is -2.30. The van der Waals surface area contributed by atoms with Crippen LogP contribution in [0.1, 0.15) is 36.2 Å². The van der Waals surface area contributed by atoms with Crippen LogP contribution >= 0.6 is 0 Å². The molecule has 1 saturated carbocycles. The third kappa shape index (κ3) is 3.44. The highest BCUT2D eigenvalue weighted by molar-refractivity contribution is 5.92. The molecule has 0 radical (unpaired) electrons. The van der Waals surface area contributed by atoms with E-state index in [1.807, 2.05) is 6.07 Å². The van der Waals surface area contributed by atoms with Crippen molar-refractivity contribution < 1.29 is 4.79 Å². The third-order valence-corrected chi connectivity index (χ3v) is 3.56. The number of aromatic nitrogens is 1. The van der Waals surface area contributed by atoms with Crippen LogP contribution in [-0.2, 0) is 0 Å². The SMILES string of the molecule is CN(C)C(=O)c1cc(N[C@@H]2CCCC[C@H]2N)ccn1. The molecule has 2 rings (SSSR count). The third-order valence-electron chi connectivity index (χ3n) is 3.56. The lowest BCUT2D eigenvalue weighted by atomic mass is 9.91. The first kappa shape index (κ1) is 13.8. The Kier molecular flexibility index (Phi) is 4.37. The molecule has 1 heterocycles. The second-order valence-electron chi connectivity index (χ2n) is 5.33. The first-order valence-electron chi connectivity index (χ1n) is 6.78. The molecule has 2 atom stereocenters. The number of nitrogens with zero attached hydrogens (tertiary/aromatic N) is 2. The summed E-state index contributed by atoms with van der Waals surface area (Å²) in [6.45, 7) is 0. The number of anilines is 1. The Morgan fingerprint density at radius 3 is 2.84 bits per heavy atom. The average molecular weight is 262 g/mol. The number of nitrogens with one attached hydrogen (secondary N) is 1. The molecule has 1 aliphatic carbocycles. The highest BCUT2D eigenvalue weighted by atomic mass is 16.2. The normalized spacial score (nSPS) is 22.9. The van der Waals surface area contributed by atoms with Crippen LogP contribution in [0.3, 0.4) is 0 Å². The van der Waals surface area contributed by atoms with E-state index < -0.39 is 0 Å². The summed E-state index contributed by atoms with van der Waals surface area (Å²) in [5.41, 5.74) is 7.50. The maximum absolute atomic E-state index is 11.9. The Labute approximate surface area is 114 Å². The summed E-state index contributed by atoms with van der Waals surface area (Å²) in [4.78, 5) is 17.5. The standard InChI is InChI=1S/C14H22N4O/c1-18(2)14(19)13-9-10(7-8-16-13)17-12-6-4-3-5-11(12)15/h7-9,11-12H,3-6,15H2,1-2H3,(H,16,17)/t11-,12-/m1/s1. The Bertz CT molecular complexity index is 447. The van der Waals surface area contributed by atoms with E-state index in [-0.39, 0.29) is 11.9 Å². The van der Waals surface area contributed by atoms with Crippen LogP contribution in [0.2, 0.25) is 0 Å². The molecule has 0 unspecified atom stereocenters. The number of hydrogen-bond donors (Lipinski definition) is 2. The summed E-state index contributed by atoms with van der Waals surface area (Å²) in [6.07, 6.45) is 6.22. The molecule has 5 heteroatoms. The minimum atomic E-state index is -0.0865. The Balaban J connectivity index is 2.08. The van der Waals surface area contributed by atoms with Gasteiger partial charge in [-0.15, -0.1) is 0 Å². The van der Waals surface area contributed by atoms with Crippen molar-refractivity contribution in [2.24, 2.45) is 5.73 Å². The lowest BCUT2D eigenvalue weighted by Crippen LogP contribution is -2.42. The maximum atomic E-state index is 11.9. The molecule has 1 amide bonds. The molecular formula is C14H22N4O. The summed E-state index contributed by atoms with van der Waals surface area (Å²) in [5.74, 6) is -0.0865. The maximum Gasteiger partial charge on any atom is 0.272 e. The molecule has 104 valence electrons. The summed E-state index contributed by atoms with van der Waals surface area (Å²) >= 11 is 0. The molecule has 0 aliphatic heterocycles. The molecule has 1 aliphatic rings. The zero-order valence-electron chi connectivity index (χ0n) is 11.6. The summed E-state index contributed by atoms with van der Waals surface area (Å²) in [6, 6.07) is 4.16. The average Bonchev–Trinajstić information content (AvgIpc) is 2.41. The number of rotatable bonds is 3. The van der Waals surface area contributed by atoms with Crippen LogP contribution in [0.25, 0.3) is 0 Å². The van der Waals surface area contributed by atoms with Crippen molar-refractivity contribution in [3.8, 4) is 0 Å². The van der Waals surface area contributed by atoms with Crippen molar-refractivity contribution in [2.75, 3.05) is 19.4 Å². The van der Waals surface area contributed by atoms with E-state index >= 15 is 0 Å². The molecule has 0 spiro atoms. The van der Waals surface area contributed by atoms with Gasteiger partial charge >= 0.3 is 0 Å². The molecule has 1 aromatic heterocycles. The predicted octanol–water partition coefficient (Wildman–Crippen LogP) is 1.47. The molecule has 0 aromatic carbocycles. The fraction of sp³-hybridized carbons (Fsp3) is 0.571. The Morgan fingerprint density at radius 1 is 1.42 bits per heavy atom. The predicted molar refractivity (Wildman–Crippen MR) is 76.1 cm³/mol. The Morgan fingerprint density at radius 2 is 2.16 bits per heavy atom. The second kappa shape index (κ2) is 6.02. The largest absolute Gasteiger partial charge is 0.381 e. The van der Waals surface area contributed by atoms with Crippen LogP contribution in [0.15, 0.2) is 18.3 Å². The fourth-order valence-electron chi connectivity index (χ4n) is 2.42. The van der Waals surface area contributed by atoms with Crippen molar-refractivity contribution >= 4 is 11.6 Å². The molecular weight excluding hydrogens is 240 g/mol. The number of amides is 1. The van der Waals surface area contributed by atoms with E-state index in [9.17, 15) is 4.79 Å². The molecule has 0 bridgehead atoms. The van der Waals surface area contributed by atoms with Crippen LogP contribution in [0.4, 0.5) is 5.69 Å². The number of pyridine rings is 1. The monoisotopic (exact) mass is 262 g/mol. The quantitative estimate of drug-likeness (QED) is 0.865. The minimum Gasteiger partial charge on any atom is -0.381 e. The van der Waals surface area contributed by atoms with Crippen LogP contribution in [0.5, 0.6) is 0 Å². The zero-order chi connectivity index (χ0) is 13.8. The van der Waals surface area contributed by atoms with Gasteiger partial charge < -0.3 is 16.0 Å². The molecule has 5 nitrogen and oxygen atoms in total. The fourth-order valence-corrected chi connectivity index (χ4v) is 2.42. The molecule has 19 heavy (non-hydrogen) atoms. The van der Waals surface area contributed by atoms with E-state index in [4.69, 9.17) is 5.73 Å². The van der Waals surface area contributed by atoms with Crippen LogP contribution in [0, 0.1) is 0 Å². The van der Waals surface area contributed by atoms with E-state index in [2.05, 4.69) is 10.3 Å². The highest BCUT2D eigenvalue weighted by Gasteiger charge is 2.21. The van der Waals surface area contributed by atoms with Gasteiger partial charge in [-0.05, 0) is 25.0 Å². The van der Waals surface area contributed by atoms with Gasteiger partial charge in [-0.1, -0.05) is 12.8 Å². The summed E-state index contributed by atoms with van der Waals surface area (Å²) in [5, 5.41) is 3.43. The first-order chi connectivity index (χ1) is 9.08.